The standard InChI is InChI=1S/C12H22O3/c1-12(2,3)8-5-6-9(11(13)14)10(7-8)15-4/h8-10H,5-7H2,1-4H3,(H,13,14). The van der Waals surface area contributed by atoms with Crippen LogP contribution in [0.2, 0.25) is 0 Å². The fraction of sp³-hybridized carbons (Fsp3) is 0.917. The van der Waals surface area contributed by atoms with Gasteiger partial charge in [0.1, 0.15) is 0 Å². The number of ether oxygens (including phenoxy) is 1. The molecule has 1 saturated carbocycles. The minimum atomic E-state index is -0.714. The summed E-state index contributed by atoms with van der Waals surface area (Å²) in [6.45, 7) is 6.64. The third kappa shape index (κ3) is 2.94. The summed E-state index contributed by atoms with van der Waals surface area (Å²) in [5.41, 5.74) is 0.250. The average molecular weight is 214 g/mol. The third-order valence-corrected chi connectivity index (χ3v) is 3.64. The van der Waals surface area contributed by atoms with E-state index in [0.29, 0.717) is 5.92 Å². The monoisotopic (exact) mass is 214 g/mol. The summed E-state index contributed by atoms with van der Waals surface area (Å²) in [5, 5.41) is 9.05. The first-order chi connectivity index (χ1) is 6.86. The van der Waals surface area contributed by atoms with Crippen LogP contribution < -0.4 is 0 Å². The van der Waals surface area contributed by atoms with Crippen molar-refractivity contribution in [3.8, 4) is 0 Å². The van der Waals surface area contributed by atoms with Crippen molar-refractivity contribution in [2.75, 3.05) is 7.11 Å². The van der Waals surface area contributed by atoms with Crippen LogP contribution in [-0.4, -0.2) is 24.3 Å². The lowest BCUT2D eigenvalue weighted by molar-refractivity contribution is -0.150. The molecule has 3 atom stereocenters. The highest BCUT2D eigenvalue weighted by Gasteiger charge is 2.39. The molecule has 1 N–H and O–H groups in total. The lowest BCUT2D eigenvalue weighted by Crippen LogP contribution is -2.39. The summed E-state index contributed by atoms with van der Waals surface area (Å²) in [4.78, 5) is 11.0. The van der Waals surface area contributed by atoms with Crippen molar-refractivity contribution in [3.63, 3.8) is 0 Å². The Morgan fingerprint density at radius 3 is 2.33 bits per heavy atom. The predicted octanol–water partition coefficient (Wildman–Crippen LogP) is 2.55. The number of methoxy groups -OCH3 is 1. The summed E-state index contributed by atoms with van der Waals surface area (Å²) >= 11 is 0. The molecule has 1 rings (SSSR count). The van der Waals surface area contributed by atoms with Gasteiger partial charge < -0.3 is 9.84 Å². The van der Waals surface area contributed by atoms with Crippen molar-refractivity contribution in [1.29, 1.82) is 0 Å². The molecule has 1 aliphatic rings. The summed E-state index contributed by atoms with van der Waals surface area (Å²) < 4.78 is 5.31. The quantitative estimate of drug-likeness (QED) is 0.768. The van der Waals surface area contributed by atoms with Gasteiger partial charge in [-0.3, -0.25) is 4.79 Å². The molecule has 1 fully saturated rings. The molecule has 0 bridgehead atoms. The third-order valence-electron chi connectivity index (χ3n) is 3.64. The van der Waals surface area contributed by atoms with E-state index < -0.39 is 5.97 Å². The molecule has 0 spiro atoms. The zero-order valence-corrected chi connectivity index (χ0v) is 10.1. The molecule has 0 saturated heterocycles. The number of carboxylic acid groups (broad SMARTS) is 1. The first-order valence-corrected chi connectivity index (χ1v) is 5.62. The second-order valence-corrected chi connectivity index (χ2v) is 5.59. The maximum atomic E-state index is 11.0. The van der Waals surface area contributed by atoms with E-state index >= 15 is 0 Å². The van der Waals surface area contributed by atoms with Gasteiger partial charge in [-0.2, -0.15) is 0 Å². The molecular formula is C12H22O3. The van der Waals surface area contributed by atoms with Crippen LogP contribution in [0.3, 0.4) is 0 Å². The number of hydrogen-bond acceptors (Lipinski definition) is 2. The normalized spacial score (nSPS) is 32.7. The van der Waals surface area contributed by atoms with Crippen LogP contribution in [0.5, 0.6) is 0 Å². The second kappa shape index (κ2) is 4.52. The van der Waals surface area contributed by atoms with Crippen molar-refractivity contribution in [1.82, 2.24) is 0 Å². The molecule has 3 heteroatoms. The number of aliphatic carboxylic acids is 1. The van der Waals surface area contributed by atoms with Gasteiger partial charge in [-0.1, -0.05) is 20.8 Å². The van der Waals surface area contributed by atoms with E-state index in [4.69, 9.17) is 9.84 Å². The maximum absolute atomic E-state index is 11.0. The highest BCUT2D eigenvalue weighted by Crippen LogP contribution is 2.40. The highest BCUT2D eigenvalue weighted by molar-refractivity contribution is 5.70. The van der Waals surface area contributed by atoms with Crippen molar-refractivity contribution in [2.45, 2.75) is 46.1 Å². The Kier molecular flexibility index (Phi) is 3.77. The number of carbonyl (C=O) groups is 1. The van der Waals surface area contributed by atoms with Gasteiger partial charge in [0.05, 0.1) is 12.0 Å². The van der Waals surface area contributed by atoms with Gasteiger partial charge in [-0.25, -0.2) is 0 Å². The molecule has 0 amide bonds. The van der Waals surface area contributed by atoms with Crippen molar-refractivity contribution >= 4 is 5.97 Å². The molecule has 88 valence electrons. The predicted molar refractivity (Wildman–Crippen MR) is 58.7 cm³/mol. The maximum Gasteiger partial charge on any atom is 0.309 e. The zero-order chi connectivity index (χ0) is 11.6. The Balaban J connectivity index is 2.67. The van der Waals surface area contributed by atoms with Gasteiger partial charge in [-0.15, -0.1) is 0 Å². The number of hydrogen-bond donors (Lipinski definition) is 1. The van der Waals surface area contributed by atoms with Gasteiger partial charge in [0.25, 0.3) is 0 Å². The lowest BCUT2D eigenvalue weighted by Gasteiger charge is -2.39. The van der Waals surface area contributed by atoms with Gasteiger partial charge in [0.15, 0.2) is 0 Å². The van der Waals surface area contributed by atoms with Gasteiger partial charge >= 0.3 is 5.97 Å². The van der Waals surface area contributed by atoms with E-state index in [0.717, 1.165) is 19.3 Å². The molecule has 3 unspecified atom stereocenters. The fourth-order valence-corrected chi connectivity index (χ4v) is 2.46. The topological polar surface area (TPSA) is 46.5 Å². The summed E-state index contributed by atoms with van der Waals surface area (Å²) in [6.07, 6.45) is 2.51. The summed E-state index contributed by atoms with van der Waals surface area (Å²) in [7, 11) is 1.62. The van der Waals surface area contributed by atoms with Crippen molar-refractivity contribution in [2.24, 2.45) is 17.3 Å². The first-order valence-electron chi connectivity index (χ1n) is 5.62. The van der Waals surface area contributed by atoms with Crippen LogP contribution >= 0.6 is 0 Å². The van der Waals surface area contributed by atoms with Crippen molar-refractivity contribution < 1.29 is 14.6 Å². The molecular weight excluding hydrogens is 192 g/mol. The first kappa shape index (κ1) is 12.5. The van der Waals surface area contributed by atoms with Crippen LogP contribution in [0.25, 0.3) is 0 Å². The summed E-state index contributed by atoms with van der Waals surface area (Å²) in [5.74, 6) is -0.458. The second-order valence-electron chi connectivity index (χ2n) is 5.59. The molecule has 0 aliphatic heterocycles. The Morgan fingerprint density at radius 2 is 1.93 bits per heavy atom. The molecule has 0 aromatic carbocycles. The smallest absolute Gasteiger partial charge is 0.309 e. The van der Waals surface area contributed by atoms with Crippen LogP contribution in [0, 0.1) is 17.3 Å². The highest BCUT2D eigenvalue weighted by atomic mass is 16.5. The molecule has 0 aromatic heterocycles. The number of carboxylic acids is 1. The van der Waals surface area contributed by atoms with E-state index in [1.165, 1.54) is 0 Å². The van der Waals surface area contributed by atoms with Crippen molar-refractivity contribution in [3.05, 3.63) is 0 Å². The van der Waals surface area contributed by atoms with Crippen LogP contribution in [0.15, 0.2) is 0 Å². The van der Waals surface area contributed by atoms with E-state index in [-0.39, 0.29) is 17.4 Å². The minimum absolute atomic E-state index is 0.111. The van der Waals surface area contributed by atoms with Gasteiger partial charge in [0.2, 0.25) is 0 Å². The number of rotatable bonds is 2. The van der Waals surface area contributed by atoms with E-state index in [2.05, 4.69) is 20.8 Å². The minimum Gasteiger partial charge on any atom is -0.481 e. The van der Waals surface area contributed by atoms with Gasteiger partial charge in [0, 0.05) is 7.11 Å². The molecule has 15 heavy (non-hydrogen) atoms. The Hall–Kier alpha value is -0.570. The molecule has 1 aliphatic carbocycles. The largest absolute Gasteiger partial charge is 0.481 e. The van der Waals surface area contributed by atoms with E-state index in [1.54, 1.807) is 7.11 Å². The SMILES string of the molecule is COC1CC(C(C)(C)C)CCC1C(=O)O. The van der Waals surface area contributed by atoms with E-state index in [1.807, 2.05) is 0 Å². The molecule has 3 nitrogen and oxygen atoms in total. The average Bonchev–Trinajstić information content (AvgIpc) is 2.15. The van der Waals surface area contributed by atoms with Crippen LogP contribution in [-0.2, 0) is 9.53 Å². The molecule has 0 heterocycles. The zero-order valence-electron chi connectivity index (χ0n) is 10.1. The Bertz CT molecular complexity index is 230. The lowest BCUT2D eigenvalue weighted by atomic mass is 9.68. The van der Waals surface area contributed by atoms with Gasteiger partial charge in [-0.05, 0) is 30.6 Å². The Labute approximate surface area is 91.8 Å². The summed E-state index contributed by atoms with van der Waals surface area (Å²) in [6, 6.07) is 0. The Morgan fingerprint density at radius 1 is 1.33 bits per heavy atom. The fourth-order valence-electron chi connectivity index (χ4n) is 2.46. The molecule has 0 aromatic rings. The van der Waals surface area contributed by atoms with Crippen LogP contribution in [0.4, 0.5) is 0 Å². The molecule has 0 radical (unpaired) electrons. The van der Waals surface area contributed by atoms with Crippen LogP contribution in [0.1, 0.15) is 40.0 Å². The van der Waals surface area contributed by atoms with E-state index in [9.17, 15) is 4.79 Å².